The van der Waals surface area contributed by atoms with Gasteiger partial charge in [-0.3, -0.25) is 10.1 Å². The Morgan fingerprint density at radius 3 is 2.36 bits per heavy atom. The fourth-order valence-corrected chi connectivity index (χ4v) is 1.84. The quantitative estimate of drug-likeness (QED) is 0.268. The van der Waals surface area contributed by atoms with Gasteiger partial charge in [0.15, 0.2) is 0 Å². The van der Waals surface area contributed by atoms with Gasteiger partial charge in [-0.25, -0.2) is 9.59 Å². The van der Waals surface area contributed by atoms with Crippen LogP contribution >= 0.6 is 0 Å². The van der Waals surface area contributed by atoms with Crippen LogP contribution in [-0.2, 0) is 19.1 Å². The number of nitro benzene ring substituents is 1. The third-order valence-corrected chi connectivity index (χ3v) is 2.77. The number of nitrogens with zero attached hydrogens (tertiary/aromatic N) is 2. The van der Waals surface area contributed by atoms with E-state index >= 15 is 0 Å². The number of ether oxygens (including phenoxy) is 2. The van der Waals surface area contributed by atoms with Crippen LogP contribution in [0.15, 0.2) is 23.8 Å². The Morgan fingerprint density at radius 2 is 1.86 bits per heavy atom. The van der Waals surface area contributed by atoms with Gasteiger partial charge in [0.25, 0.3) is 11.5 Å². The molecular formula is C14H10N2O6. The molecule has 1 aliphatic rings. The molecule has 0 radical (unpaired) electrons. The Bertz CT molecular complexity index is 735. The first-order chi connectivity index (χ1) is 10.2. The minimum atomic E-state index is -1.35. The highest BCUT2D eigenvalue weighted by Gasteiger charge is 2.38. The zero-order chi connectivity index (χ0) is 16.5. The van der Waals surface area contributed by atoms with Gasteiger partial charge in [0.05, 0.1) is 4.92 Å². The molecule has 0 aromatic heterocycles. The Morgan fingerprint density at radius 1 is 1.27 bits per heavy atom. The summed E-state index contributed by atoms with van der Waals surface area (Å²) in [6, 6.07) is 5.32. The lowest BCUT2D eigenvalue weighted by Gasteiger charge is -2.29. The van der Waals surface area contributed by atoms with Crippen molar-refractivity contribution in [2.24, 2.45) is 0 Å². The molecule has 0 N–H and O–H groups in total. The summed E-state index contributed by atoms with van der Waals surface area (Å²) >= 11 is 0. The van der Waals surface area contributed by atoms with E-state index in [0.717, 1.165) is 12.1 Å². The summed E-state index contributed by atoms with van der Waals surface area (Å²) in [6.07, 6.45) is 1.16. The second kappa shape index (κ2) is 5.29. The number of esters is 2. The molecule has 0 amide bonds. The van der Waals surface area contributed by atoms with Crippen molar-refractivity contribution in [3.05, 3.63) is 45.0 Å². The van der Waals surface area contributed by atoms with Crippen LogP contribution in [0.5, 0.6) is 0 Å². The molecule has 1 aromatic rings. The standard InChI is InChI=1S/C14H10N2O6/c1-14(2)21-12(17)10(13(18)22-14)6-8-3-4-11(16(19)20)9(5-8)7-15/h3-6H,1-2H3. The molecule has 112 valence electrons. The Kier molecular flexibility index (Phi) is 3.65. The van der Waals surface area contributed by atoms with Crippen molar-refractivity contribution in [2.75, 3.05) is 0 Å². The molecule has 1 saturated heterocycles. The van der Waals surface area contributed by atoms with Crippen LogP contribution < -0.4 is 0 Å². The van der Waals surface area contributed by atoms with Crippen molar-refractivity contribution >= 4 is 23.7 Å². The summed E-state index contributed by atoms with van der Waals surface area (Å²) in [7, 11) is 0. The maximum absolute atomic E-state index is 11.8. The Hall–Kier alpha value is -3.21. The molecule has 1 fully saturated rings. The van der Waals surface area contributed by atoms with E-state index in [2.05, 4.69) is 0 Å². The van der Waals surface area contributed by atoms with Gasteiger partial charge in [-0.15, -0.1) is 0 Å². The van der Waals surface area contributed by atoms with Gasteiger partial charge in [-0.2, -0.15) is 5.26 Å². The number of carbonyl (C=O) groups is 2. The molecule has 0 spiro atoms. The van der Waals surface area contributed by atoms with Crippen molar-refractivity contribution in [1.82, 2.24) is 0 Å². The van der Waals surface area contributed by atoms with E-state index in [-0.39, 0.29) is 22.4 Å². The van der Waals surface area contributed by atoms with Gasteiger partial charge >= 0.3 is 11.9 Å². The van der Waals surface area contributed by atoms with Crippen LogP contribution in [0.2, 0.25) is 0 Å². The molecule has 1 aromatic carbocycles. The van der Waals surface area contributed by atoms with Crippen LogP contribution in [0.3, 0.4) is 0 Å². The zero-order valence-electron chi connectivity index (χ0n) is 11.7. The number of carbonyl (C=O) groups excluding carboxylic acids is 2. The van der Waals surface area contributed by atoms with Crippen molar-refractivity contribution in [3.63, 3.8) is 0 Å². The van der Waals surface area contributed by atoms with E-state index < -0.39 is 22.6 Å². The number of nitriles is 1. The van der Waals surface area contributed by atoms with Gasteiger partial charge in [-0.1, -0.05) is 0 Å². The van der Waals surface area contributed by atoms with Crippen molar-refractivity contribution in [1.29, 1.82) is 5.26 Å². The summed E-state index contributed by atoms with van der Waals surface area (Å²) in [5, 5.41) is 19.7. The lowest BCUT2D eigenvalue weighted by molar-refractivity contribution is -0.385. The van der Waals surface area contributed by atoms with E-state index in [4.69, 9.17) is 14.7 Å². The molecule has 0 unspecified atom stereocenters. The second-order valence-electron chi connectivity index (χ2n) is 4.88. The number of rotatable bonds is 2. The summed E-state index contributed by atoms with van der Waals surface area (Å²) in [5.74, 6) is -3.07. The average Bonchev–Trinajstić information content (AvgIpc) is 2.41. The maximum atomic E-state index is 11.8. The second-order valence-corrected chi connectivity index (χ2v) is 4.88. The van der Waals surface area contributed by atoms with E-state index in [1.807, 2.05) is 0 Å². The molecular weight excluding hydrogens is 292 g/mol. The van der Waals surface area contributed by atoms with Crippen LogP contribution in [0.25, 0.3) is 6.08 Å². The van der Waals surface area contributed by atoms with Gasteiger partial charge in [-0.05, 0) is 23.8 Å². The predicted molar refractivity (Wildman–Crippen MR) is 72.1 cm³/mol. The van der Waals surface area contributed by atoms with E-state index in [0.29, 0.717) is 0 Å². The molecule has 2 rings (SSSR count). The first kappa shape index (κ1) is 15.2. The highest BCUT2D eigenvalue weighted by atomic mass is 16.7. The SMILES string of the molecule is CC1(C)OC(=O)C(=Cc2ccc([N+](=O)[O-])c(C#N)c2)C(=O)O1. The van der Waals surface area contributed by atoms with Crippen molar-refractivity contribution in [3.8, 4) is 6.07 Å². The van der Waals surface area contributed by atoms with Crippen molar-refractivity contribution < 1.29 is 24.0 Å². The predicted octanol–water partition coefficient (Wildman–Crippen LogP) is 1.69. The molecule has 0 atom stereocenters. The highest BCUT2D eigenvalue weighted by Crippen LogP contribution is 2.25. The molecule has 8 nitrogen and oxygen atoms in total. The van der Waals surface area contributed by atoms with Gasteiger partial charge in [0.1, 0.15) is 17.2 Å². The molecule has 1 heterocycles. The minimum Gasteiger partial charge on any atom is -0.419 e. The third-order valence-electron chi connectivity index (χ3n) is 2.77. The molecule has 1 aliphatic heterocycles. The third kappa shape index (κ3) is 2.93. The van der Waals surface area contributed by atoms with E-state index in [1.54, 1.807) is 6.07 Å². The van der Waals surface area contributed by atoms with Crippen LogP contribution in [0.4, 0.5) is 5.69 Å². The minimum absolute atomic E-state index is 0.183. The topological polar surface area (TPSA) is 120 Å². The molecule has 0 saturated carbocycles. The largest absolute Gasteiger partial charge is 0.419 e. The van der Waals surface area contributed by atoms with Crippen LogP contribution in [-0.4, -0.2) is 22.6 Å². The van der Waals surface area contributed by atoms with E-state index in [9.17, 15) is 19.7 Å². The summed E-state index contributed by atoms with van der Waals surface area (Å²) < 4.78 is 9.85. The smallest absolute Gasteiger partial charge is 0.348 e. The number of hydrogen-bond acceptors (Lipinski definition) is 7. The first-order valence-corrected chi connectivity index (χ1v) is 6.10. The Labute approximate surface area is 124 Å². The van der Waals surface area contributed by atoms with E-state index in [1.165, 1.54) is 26.0 Å². The zero-order valence-corrected chi connectivity index (χ0v) is 11.7. The number of nitro groups is 1. The lowest BCUT2D eigenvalue weighted by Crippen LogP contribution is -2.41. The summed E-state index contributed by atoms with van der Waals surface area (Å²) in [6.45, 7) is 2.83. The number of cyclic esters (lactones) is 2. The van der Waals surface area contributed by atoms with Crippen molar-refractivity contribution in [2.45, 2.75) is 19.6 Å². The van der Waals surface area contributed by atoms with Gasteiger partial charge in [0, 0.05) is 19.9 Å². The fourth-order valence-electron chi connectivity index (χ4n) is 1.84. The van der Waals surface area contributed by atoms with Crippen LogP contribution in [0.1, 0.15) is 25.0 Å². The lowest BCUT2D eigenvalue weighted by atomic mass is 10.1. The molecule has 22 heavy (non-hydrogen) atoms. The summed E-state index contributed by atoms with van der Waals surface area (Å²) in [4.78, 5) is 33.6. The summed E-state index contributed by atoms with van der Waals surface area (Å²) in [5.41, 5.74) is -0.625. The van der Waals surface area contributed by atoms with Gasteiger partial charge in [0.2, 0.25) is 0 Å². The number of benzene rings is 1. The molecule has 0 aliphatic carbocycles. The fraction of sp³-hybridized carbons (Fsp3) is 0.214. The molecule has 0 bridgehead atoms. The number of hydrogen-bond donors (Lipinski definition) is 0. The maximum Gasteiger partial charge on any atom is 0.348 e. The van der Waals surface area contributed by atoms with Crippen LogP contribution in [0, 0.1) is 21.4 Å². The highest BCUT2D eigenvalue weighted by molar-refractivity contribution is 6.18. The first-order valence-electron chi connectivity index (χ1n) is 6.10. The molecule has 8 heteroatoms. The average molecular weight is 302 g/mol. The monoisotopic (exact) mass is 302 g/mol. The van der Waals surface area contributed by atoms with Gasteiger partial charge < -0.3 is 9.47 Å². The normalized spacial score (nSPS) is 16.3. The Balaban J connectivity index is 2.42.